The van der Waals surface area contributed by atoms with Crippen molar-refractivity contribution in [3.05, 3.63) is 54.1 Å². The number of carbonyl (C=O) groups is 2. The second-order valence-corrected chi connectivity index (χ2v) is 8.61. The lowest BCUT2D eigenvalue weighted by molar-refractivity contribution is -0.118. The van der Waals surface area contributed by atoms with E-state index in [1.54, 1.807) is 24.3 Å². The van der Waals surface area contributed by atoms with Crippen LogP contribution in [0.3, 0.4) is 0 Å². The van der Waals surface area contributed by atoms with Crippen LogP contribution in [-0.4, -0.2) is 33.4 Å². The zero-order chi connectivity index (χ0) is 20.9. The smallest absolute Gasteiger partial charge is 0.255 e. The molecule has 2 amide bonds. The van der Waals surface area contributed by atoms with Crippen molar-refractivity contribution in [3.8, 4) is 5.75 Å². The minimum absolute atomic E-state index is 0.0387. The predicted octanol–water partition coefficient (Wildman–Crippen LogP) is 1.88. The maximum Gasteiger partial charge on any atom is 0.255 e. The van der Waals surface area contributed by atoms with E-state index < -0.39 is 21.8 Å². The highest BCUT2D eigenvalue weighted by Crippen LogP contribution is 2.28. The minimum atomic E-state index is -3.67. The van der Waals surface area contributed by atoms with Crippen molar-refractivity contribution in [2.24, 2.45) is 11.7 Å². The molecule has 2 aromatic carbocycles. The van der Waals surface area contributed by atoms with Crippen LogP contribution in [0.25, 0.3) is 0 Å². The van der Waals surface area contributed by atoms with Crippen molar-refractivity contribution in [3.63, 3.8) is 0 Å². The van der Waals surface area contributed by atoms with Crippen LogP contribution in [0, 0.1) is 5.92 Å². The van der Waals surface area contributed by atoms with Gasteiger partial charge in [-0.2, -0.15) is 0 Å². The Balaban J connectivity index is 1.70. The summed E-state index contributed by atoms with van der Waals surface area (Å²) in [5.74, 6) is -0.172. The maximum atomic E-state index is 12.6. The summed E-state index contributed by atoms with van der Waals surface area (Å²) in [6.45, 7) is 0.497. The predicted molar refractivity (Wildman–Crippen MR) is 108 cm³/mol. The number of sulfonamides is 1. The Bertz CT molecular complexity index is 1000. The molecule has 1 fully saturated rings. The number of para-hydroxylation sites is 2. The number of anilines is 1. The van der Waals surface area contributed by atoms with Gasteiger partial charge in [0.1, 0.15) is 5.75 Å². The van der Waals surface area contributed by atoms with E-state index in [1.165, 1.54) is 24.3 Å². The van der Waals surface area contributed by atoms with Gasteiger partial charge in [-0.05, 0) is 49.1 Å². The third kappa shape index (κ3) is 6.03. The monoisotopic (exact) mass is 417 g/mol. The molecule has 3 rings (SSSR count). The molecule has 4 N–H and O–H groups in total. The Kier molecular flexibility index (Phi) is 6.50. The molecular formula is C20H23N3O5S. The summed E-state index contributed by atoms with van der Waals surface area (Å²) < 4.78 is 32.9. The molecule has 0 heterocycles. The summed E-state index contributed by atoms with van der Waals surface area (Å²) in [6, 6.07) is 12.6. The quantitative estimate of drug-likeness (QED) is 0.544. The van der Waals surface area contributed by atoms with E-state index in [0.29, 0.717) is 23.9 Å². The second-order valence-electron chi connectivity index (χ2n) is 6.84. The van der Waals surface area contributed by atoms with Crippen molar-refractivity contribution < 1.29 is 22.7 Å². The Hall–Kier alpha value is -2.91. The molecule has 0 aromatic heterocycles. The lowest BCUT2D eigenvalue weighted by atomic mass is 10.2. The molecule has 29 heavy (non-hydrogen) atoms. The molecular weight excluding hydrogens is 394 g/mol. The Morgan fingerprint density at radius 3 is 2.59 bits per heavy atom. The van der Waals surface area contributed by atoms with Gasteiger partial charge in [-0.3, -0.25) is 9.59 Å². The molecule has 154 valence electrons. The van der Waals surface area contributed by atoms with E-state index in [4.69, 9.17) is 10.5 Å². The third-order valence-electron chi connectivity index (χ3n) is 4.41. The van der Waals surface area contributed by atoms with Gasteiger partial charge in [-0.25, -0.2) is 13.1 Å². The van der Waals surface area contributed by atoms with Gasteiger partial charge in [0, 0.05) is 12.1 Å². The highest BCUT2D eigenvalue weighted by atomic mass is 32.2. The second kappa shape index (κ2) is 9.06. The average molecular weight is 417 g/mol. The number of amides is 2. The number of nitrogens with one attached hydrogen (secondary N) is 2. The van der Waals surface area contributed by atoms with Crippen molar-refractivity contribution in [1.29, 1.82) is 0 Å². The van der Waals surface area contributed by atoms with E-state index >= 15 is 0 Å². The normalized spacial score (nSPS) is 13.7. The molecule has 1 aliphatic carbocycles. The zero-order valence-corrected chi connectivity index (χ0v) is 16.6. The molecule has 1 saturated carbocycles. The first-order valence-electron chi connectivity index (χ1n) is 9.26. The molecule has 0 spiro atoms. The minimum Gasteiger partial charge on any atom is -0.491 e. The molecule has 0 aliphatic heterocycles. The molecule has 1 aliphatic rings. The van der Waals surface area contributed by atoms with E-state index in [-0.39, 0.29) is 23.5 Å². The molecule has 0 bridgehead atoms. The van der Waals surface area contributed by atoms with Gasteiger partial charge in [0.25, 0.3) is 5.91 Å². The summed E-state index contributed by atoms with van der Waals surface area (Å²) in [5, 5.41) is 2.71. The Labute approximate surface area is 169 Å². The number of primary amides is 1. The van der Waals surface area contributed by atoms with Crippen LogP contribution in [0.2, 0.25) is 0 Å². The van der Waals surface area contributed by atoms with Crippen molar-refractivity contribution in [2.75, 3.05) is 18.5 Å². The van der Waals surface area contributed by atoms with Gasteiger partial charge in [-0.15, -0.1) is 0 Å². The van der Waals surface area contributed by atoms with E-state index in [0.717, 1.165) is 12.8 Å². The first-order valence-corrected chi connectivity index (χ1v) is 10.7. The van der Waals surface area contributed by atoms with Gasteiger partial charge in [-0.1, -0.05) is 18.2 Å². The molecule has 0 atom stereocenters. The highest BCUT2D eigenvalue weighted by molar-refractivity contribution is 7.89. The topological polar surface area (TPSA) is 128 Å². The maximum absolute atomic E-state index is 12.6. The number of nitrogens with two attached hydrogens (primary N) is 1. The summed E-state index contributed by atoms with van der Waals surface area (Å²) >= 11 is 0. The summed E-state index contributed by atoms with van der Waals surface area (Å²) in [7, 11) is -3.67. The van der Waals surface area contributed by atoms with Gasteiger partial charge < -0.3 is 15.8 Å². The van der Waals surface area contributed by atoms with Crippen LogP contribution in [0.15, 0.2) is 53.4 Å². The number of hydrogen-bond donors (Lipinski definition) is 3. The standard InChI is InChI=1S/C20H23N3O5S/c21-19(24)10-11-28-18-7-2-1-6-17(18)23-20(25)15-4-3-5-16(12-15)29(26,27)22-13-14-8-9-14/h1-7,12,14,22H,8-11,13H2,(H2,21,24)(H,23,25). The largest absolute Gasteiger partial charge is 0.491 e. The lowest BCUT2D eigenvalue weighted by Crippen LogP contribution is -2.26. The van der Waals surface area contributed by atoms with Crippen LogP contribution in [-0.2, 0) is 14.8 Å². The van der Waals surface area contributed by atoms with Gasteiger partial charge in [0.05, 0.1) is 23.6 Å². The highest BCUT2D eigenvalue weighted by Gasteiger charge is 2.24. The van der Waals surface area contributed by atoms with Crippen molar-refractivity contribution in [2.45, 2.75) is 24.2 Å². The number of benzene rings is 2. The van der Waals surface area contributed by atoms with E-state index in [2.05, 4.69) is 10.0 Å². The fraction of sp³-hybridized carbons (Fsp3) is 0.300. The van der Waals surface area contributed by atoms with Gasteiger partial charge >= 0.3 is 0 Å². The van der Waals surface area contributed by atoms with Crippen LogP contribution in [0.1, 0.15) is 29.6 Å². The fourth-order valence-electron chi connectivity index (χ4n) is 2.59. The molecule has 8 nitrogen and oxygen atoms in total. The molecule has 9 heteroatoms. The summed E-state index contributed by atoms with van der Waals surface area (Å²) in [4.78, 5) is 23.5. The number of carbonyl (C=O) groups excluding carboxylic acids is 2. The SMILES string of the molecule is NC(=O)CCOc1ccccc1NC(=O)c1cccc(S(=O)(=O)NCC2CC2)c1. The Morgan fingerprint density at radius 1 is 1.10 bits per heavy atom. The van der Waals surface area contributed by atoms with Gasteiger partial charge in [0.2, 0.25) is 15.9 Å². The molecule has 0 radical (unpaired) electrons. The van der Waals surface area contributed by atoms with Crippen LogP contribution < -0.4 is 20.5 Å². The van der Waals surface area contributed by atoms with Crippen LogP contribution in [0.4, 0.5) is 5.69 Å². The third-order valence-corrected chi connectivity index (χ3v) is 5.83. The fourth-order valence-corrected chi connectivity index (χ4v) is 3.75. The first kappa shape index (κ1) is 20.8. The molecule has 2 aromatic rings. The zero-order valence-electron chi connectivity index (χ0n) is 15.8. The first-order chi connectivity index (χ1) is 13.8. The summed E-state index contributed by atoms with van der Waals surface area (Å²) in [5.41, 5.74) is 5.70. The van der Waals surface area contributed by atoms with E-state index in [9.17, 15) is 18.0 Å². The molecule has 0 saturated heterocycles. The Morgan fingerprint density at radius 2 is 1.86 bits per heavy atom. The average Bonchev–Trinajstić information content (AvgIpc) is 3.52. The number of rotatable bonds is 10. The molecule has 0 unspecified atom stereocenters. The number of hydrogen-bond acceptors (Lipinski definition) is 5. The lowest BCUT2D eigenvalue weighted by Gasteiger charge is -2.12. The van der Waals surface area contributed by atoms with E-state index in [1.807, 2.05) is 0 Å². The van der Waals surface area contributed by atoms with Crippen LogP contribution >= 0.6 is 0 Å². The number of ether oxygens (including phenoxy) is 1. The van der Waals surface area contributed by atoms with Crippen LogP contribution in [0.5, 0.6) is 5.75 Å². The summed E-state index contributed by atoms with van der Waals surface area (Å²) in [6.07, 6.45) is 2.12. The van der Waals surface area contributed by atoms with Gasteiger partial charge in [0.15, 0.2) is 0 Å². The van der Waals surface area contributed by atoms with Crippen molar-refractivity contribution in [1.82, 2.24) is 4.72 Å². The van der Waals surface area contributed by atoms with Crippen molar-refractivity contribution >= 4 is 27.5 Å².